The van der Waals surface area contributed by atoms with Crippen molar-refractivity contribution < 1.29 is 0 Å². The van der Waals surface area contributed by atoms with Gasteiger partial charge in [-0.1, -0.05) is 36.5 Å². The summed E-state index contributed by atoms with van der Waals surface area (Å²) >= 11 is 12.3. The third-order valence-corrected chi connectivity index (χ3v) is 4.95. The molecule has 1 aromatic carbocycles. The van der Waals surface area contributed by atoms with Crippen molar-refractivity contribution in [2.24, 2.45) is 5.41 Å². The molecule has 100 valence electrons. The Morgan fingerprint density at radius 1 is 1.33 bits per heavy atom. The summed E-state index contributed by atoms with van der Waals surface area (Å²) in [6, 6.07) is 5.91. The first-order valence-corrected chi connectivity index (χ1v) is 7.50. The third-order valence-electron chi connectivity index (χ3n) is 4.37. The van der Waals surface area contributed by atoms with E-state index in [0.29, 0.717) is 5.41 Å². The fourth-order valence-electron chi connectivity index (χ4n) is 2.66. The minimum absolute atomic E-state index is 0.250. The maximum absolute atomic E-state index is 6.22. The van der Waals surface area contributed by atoms with E-state index in [1.54, 1.807) is 0 Å². The van der Waals surface area contributed by atoms with E-state index < -0.39 is 0 Å². The highest BCUT2D eigenvalue weighted by Crippen LogP contribution is 2.43. The minimum Gasteiger partial charge on any atom is -0.310 e. The van der Waals surface area contributed by atoms with Gasteiger partial charge < -0.3 is 5.32 Å². The molecule has 0 aromatic heterocycles. The van der Waals surface area contributed by atoms with E-state index in [4.69, 9.17) is 23.2 Å². The van der Waals surface area contributed by atoms with Crippen LogP contribution >= 0.6 is 23.2 Å². The molecule has 0 bridgehead atoms. The third kappa shape index (κ3) is 3.01. The molecule has 1 aliphatic rings. The second-order valence-electron chi connectivity index (χ2n) is 5.48. The summed E-state index contributed by atoms with van der Waals surface area (Å²) in [7, 11) is 0. The highest BCUT2D eigenvalue weighted by atomic mass is 35.5. The Bertz CT molecular complexity index is 407. The van der Waals surface area contributed by atoms with Gasteiger partial charge in [-0.05, 0) is 55.4 Å². The van der Waals surface area contributed by atoms with Gasteiger partial charge in [0.1, 0.15) is 0 Å². The molecular formula is C15H21Cl2N. The van der Waals surface area contributed by atoms with Crippen molar-refractivity contribution in [1.82, 2.24) is 5.32 Å². The molecule has 1 aromatic rings. The first-order chi connectivity index (χ1) is 8.56. The molecule has 1 fully saturated rings. The average Bonchev–Trinajstić information content (AvgIpc) is 2.31. The van der Waals surface area contributed by atoms with Crippen molar-refractivity contribution in [3.63, 3.8) is 0 Å². The average molecular weight is 286 g/mol. The standard InChI is InChI=1S/C15H21Cl2N/c1-3-15(7-4-8-15)10-18-11(2)13-9-12(16)5-6-14(13)17/h5-6,9,11,18H,3-4,7-8,10H2,1-2H3. The van der Waals surface area contributed by atoms with Gasteiger partial charge in [0.2, 0.25) is 0 Å². The van der Waals surface area contributed by atoms with E-state index in [1.807, 2.05) is 18.2 Å². The molecule has 0 radical (unpaired) electrons. The number of benzene rings is 1. The fourth-order valence-corrected chi connectivity index (χ4v) is 3.12. The lowest BCUT2D eigenvalue weighted by Crippen LogP contribution is -2.40. The maximum atomic E-state index is 6.22. The SMILES string of the molecule is CCC1(CNC(C)c2cc(Cl)ccc2Cl)CCC1. The first kappa shape index (κ1) is 14.2. The lowest BCUT2D eigenvalue weighted by molar-refractivity contribution is 0.120. The Balaban J connectivity index is 1.99. The van der Waals surface area contributed by atoms with E-state index in [9.17, 15) is 0 Å². The van der Waals surface area contributed by atoms with Crippen LogP contribution in [-0.2, 0) is 0 Å². The summed E-state index contributed by atoms with van der Waals surface area (Å²) < 4.78 is 0. The van der Waals surface area contributed by atoms with Crippen molar-refractivity contribution in [2.75, 3.05) is 6.54 Å². The van der Waals surface area contributed by atoms with Crippen LogP contribution in [0, 0.1) is 5.41 Å². The number of hydrogen-bond donors (Lipinski definition) is 1. The van der Waals surface area contributed by atoms with Crippen LogP contribution in [0.15, 0.2) is 18.2 Å². The molecule has 0 aliphatic heterocycles. The second-order valence-corrected chi connectivity index (χ2v) is 6.32. The van der Waals surface area contributed by atoms with E-state index in [2.05, 4.69) is 19.2 Å². The molecule has 2 rings (SSSR count). The Labute approximate surface area is 120 Å². The lowest BCUT2D eigenvalue weighted by atomic mass is 9.67. The zero-order valence-corrected chi connectivity index (χ0v) is 12.6. The largest absolute Gasteiger partial charge is 0.310 e. The van der Waals surface area contributed by atoms with E-state index in [0.717, 1.165) is 22.2 Å². The molecule has 0 spiro atoms. The molecule has 3 heteroatoms. The predicted octanol–water partition coefficient (Wildman–Crippen LogP) is 5.22. The number of halogens is 2. The molecule has 1 atom stereocenters. The van der Waals surface area contributed by atoms with Gasteiger partial charge in [0.05, 0.1) is 0 Å². The topological polar surface area (TPSA) is 12.0 Å². The Morgan fingerprint density at radius 2 is 2.06 bits per heavy atom. The molecule has 0 heterocycles. The van der Waals surface area contributed by atoms with Crippen LogP contribution in [0.1, 0.15) is 51.1 Å². The van der Waals surface area contributed by atoms with Crippen LogP contribution in [-0.4, -0.2) is 6.54 Å². The maximum Gasteiger partial charge on any atom is 0.0454 e. The summed E-state index contributed by atoms with van der Waals surface area (Å²) in [6.07, 6.45) is 5.34. The highest BCUT2D eigenvalue weighted by molar-refractivity contribution is 6.33. The number of nitrogens with one attached hydrogen (secondary N) is 1. The summed E-state index contributed by atoms with van der Waals surface area (Å²) in [5.74, 6) is 0. The Morgan fingerprint density at radius 3 is 2.61 bits per heavy atom. The molecule has 1 N–H and O–H groups in total. The lowest BCUT2D eigenvalue weighted by Gasteiger charge is -2.42. The molecule has 18 heavy (non-hydrogen) atoms. The van der Waals surface area contributed by atoms with Crippen molar-refractivity contribution in [3.05, 3.63) is 33.8 Å². The quantitative estimate of drug-likeness (QED) is 0.782. The van der Waals surface area contributed by atoms with Crippen LogP contribution < -0.4 is 5.32 Å². The van der Waals surface area contributed by atoms with Crippen molar-refractivity contribution in [3.8, 4) is 0 Å². The van der Waals surface area contributed by atoms with Gasteiger partial charge in [0.15, 0.2) is 0 Å². The highest BCUT2D eigenvalue weighted by Gasteiger charge is 2.34. The summed E-state index contributed by atoms with van der Waals surface area (Å²) in [5.41, 5.74) is 1.62. The normalized spacial score (nSPS) is 19.3. The van der Waals surface area contributed by atoms with Gasteiger partial charge in [-0.3, -0.25) is 0 Å². The first-order valence-electron chi connectivity index (χ1n) is 6.75. The molecular weight excluding hydrogens is 265 g/mol. The van der Waals surface area contributed by atoms with Crippen LogP contribution in [0.25, 0.3) is 0 Å². The second kappa shape index (κ2) is 5.81. The van der Waals surface area contributed by atoms with Crippen molar-refractivity contribution in [1.29, 1.82) is 0 Å². The van der Waals surface area contributed by atoms with Crippen molar-refractivity contribution in [2.45, 2.75) is 45.6 Å². The van der Waals surface area contributed by atoms with Crippen LogP contribution in [0.2, 0.25) is 10.0 Å². The van der Waals surface area contributed by atoms with Gasteiger partial charge in [-0.15, -0.1) is 0 Å². The zero-order valence-electron chi connectivity index (χ0n) is 11.1. The Hall–Kier alpha value is -0.240. The van der Waals surface area contributed by atoms with Crippen LogP contribution in [0.5, 0.6) is 0 Å². The fraction of sp³-hybridized carbons (Fsp3) is 0.600. The summed E-state index contributed by atoms with van der Waals surface area (Å²) in [6.45, 7) is 5.52. The van der Waals surface area contributed by atoms with Gasteiger partial charge >= 0.3 is 0 Å². The van der Waals surface area contributed by atoms with Crippen LogP contribution in [0.3, 0.4) is 0 Å². The minimum atomic E-state index is 0.250. The monoisotopic (exact) mass is 285 g/mol. The zero-order chi connectivity index (χ0) is 13.2. The molecule has 1 aliphatic carbocycles. The predicted molar refractivity (Wildman–Crippen MR) is 79.5 cm³/mol. The summed E-state index contributed by atoms with van der Waals surface area (Å²) in [5, 5.41) is 5.16. The van der Waals surface area contributed by atoms with E-state index in [1.165, 1.54) is 25.7 Å². The van der Waals surface area contributed by atoms with E-state index >= 15 is 0 Å². The molecule has 0 saturated heterocycles. The Kier molecular flexibility index (Phi) is 4.58. The number of hydrogen-bond acceptors (Lipinski definition) is 1. The van der Waals surface area contributed by atoms with Gasteiger partial charge in [-0.2, -0.15) is 0 Å². The smallest absolute Gasteiger partial charge is 0.0454 e. The molecule has 0 amide bonds. The van der Waals surface area contributed by atoms with Gasteiger partial charge in [0.25, 0.3) is 0 Å². The van der Waals surface area contributed by atoms with E-state index in [-0.39, 0.29) is 6.04 Å². The summed E-state index contributed by atoms with van der Waals surface area (Å²) in [4.78, 5) is 0. The molecule has 1 nitrogen and oxygen atoms in total. The van der Waals surface area contributed by atoms with Gasteiger partial charge in [0, 0.05) is 22.6 Å². The molecule has 1 saturated carbocycles. The molecule has 1 unspecified atom stereocenters. The van der Waals surface area contributed by atoms with Crippen molar-refractivity contribution >= 4 is 23.2 Å². The number of rotatable bonds is 5. The van der Waals surface area contributed by atoms with Crippen LogP contribution in [0.4, 0.5) is 0 Å². The van der Waals surface area contributed by atoms with Gasteiger partial charge in [-0.25, -0.2) is 0 Å².